The SMILES string of the molecule is C=Cc1c(C)ccc(C(=O)OC)c1C=C. The minimum atomic E-state index is -0.354. The van der Waals surface area contributed by atoms with Crippen LogP contribution in [0.15, 0.2) is 25.3 Å². The van der Waals surface area contributed by atoms with Gasteiger partial charge in [0, 0.05) is 0 Å². The van der Waals surface area contributed by atoms with Crippen LogP contribution in [0.3, 0.4) is 0 Å². The normalized spacial score (nSPS) is 9.47. The van der Waals surface area contributed by atoms with Gasteiger partial charge in [-0.2, -0.15) is 0 Å². The second-order valence-electron chi connectivity index (χ2n) is 3.16. The Morgan fingerprint density at radius 2 is 1.87 bits per heavy atom. The lowest BCUT2D eigenvalue weighted by Gasteiger charge is -2.10. The first-order valence-electron chi connectivity index (χ1n) is 4.62. The zero-order valence-electron chi connectivity index (χ0n) is 9.04. The molecule has 78 valence electrons. The largest absolute Gasteiger partial charge is 0.465 e. The monoisotopic (exact) mass is 202 g/mol. The summed E-state index contributed by atoms with van der Waals surface area (Å²) in [5, 5.41) is 0. The minimum absolute atomic E-state index is 0.354. The summed E-state index contributed by atoms with van der Waals surface area (Å²) in [5.74, 6) is -0.354. The Bertz CT molecular complexity index is 417. The maximum absolute atomic E-state index is 11.5. The second kappa shape index (κ2) is 4.60. The van der Waals surface area contributed by atoms with Crippen LogP contribution in [0.4, 0.5) is 0 Å². The van der Waals surface area contributed by atoms with Crippen molar-refractivity contribution in [2.45, 2.75) is 6.92 Å². The van der Waals surface area contributed by atoms with Gasteiger partial charge in [-0.15, -0.1) is 0 Å². The van der Waals surface area contributed by atoms with Crippen molar-refractivity contribution in [1.29, 1.82) is 0 Å². The van der Waals surface area contributed by atoms with E-state index in [4.69, 9.17) is 4.74 Å². The summed E-state index contributed by atoms with van der Waals surface area (Å²) >= 11 is 0. The lowest BCUT2D eigenvalue weighted by Crippen LogP contribution is -2.05. The molecule has 0 unspecified atom stereocenters. The summed E-state index contributed by atoms with van der Waals surface area (Å²) < 4.78 is 4.70. The lowest BCUT2D eigenvalue weighted by molar-refractivity contribution is 0.0600. The summed E-state index contributed by atoms with van der Waals surface area (Å²) in [6, 6.07) is 3.61. The molecule has 1 aromatic rings. The molecule has 0 fully saturated rings. The van der Waals surface area contributed by atoms with E-state index in [1.54, 1.807) is 18.2 Å². The molecular formula is C13H14O2. The predicted molar refractivity (Wildman–Crippen MR) is 62.7 cm³/mol. The van der Waals surface area contributed by atoms with Gasteiger partial charge in [0.25, 0.3) is 0 Å². The highest BCUT2D eigenvalue weighted by molar-refractivity contribution is 5.95. The maximum atomic E-state index is 11.5. The average molecular weight is 202 g/mol. The Morgan fingerprint density at radius 1 is 1.27 bits per heavy atom. The molecule has 0 aliphatic rings. The van der Waals surface area contributed by atoms with E-state index in [-0.39, 0.29) is 5.97 Å². The zero-order valence-corrected chi connectivity index (χ0v) is 9.04. The molecule has 0 saturated heterocycles. The third-order valence-corrected chi connectivity index (χ3v) is 2.32. The van der Waals surface area contributed by atoms with Crippen molar-refractivity contribution in [3.63, 3.8) is 0 Å². The molecular weight excluding hydrogens is 188 g/mol. The molecule has 0 spiro atoms. The van der Waals surface area contributed by atoms with Gasteiger partial charge >= 0.3 is 5.97 Å². The van der Waals surface area contributed by atoms with Crippen LogP contribution in [-0.4, -0.2) is 13.1 Å². The first kappa shape index (κ1) is 11.2. The van der Waals surface area contributed by atoms with Crippen LogP contribution < -0.4 is 0 Å². The third kappa shape index (κ3) is 1.99. The van der Waals surface area contributed by atoms with E-state index >= 15 is 0 Å². The highest BCUT2D eigenvalue weighted by atomic mass is 16.5. The number of ether oxygens (including phenoxy) is 1. The molecule has 0 saturated carbocycles. The number of hydrogen-bond acceptors (Lipinski definition) is 2. The molecule has 2 heteroatoms. The Labute approximate surface area is 89.9 Å². The number of carbonyl (C=O) groups is 1. The molecule has 0 aromatic heterocycles. The van der Waals surface area contributed by atoms with Crippen molar-refractivity contribution in [3.05, 3.63) is 47.5 Å². The number of methoxy groups -OCH3 is 1. The Balaban J connectivity index is 3.48. The highest BCUT2D eigenvalue weighted by Crippen LogP contribution is 2.22. The Hall–Kier alpha value is -1.83. The van der Waals surface area contributed by atoms with E-state index in [0.717, 1.165) is 16.7 Å². The summed E-state index contributed by atoms with van der Waals surface area (Å²) in [6.45, 7) is 9.39. The molecule has 0 aliphatic heterocycles. The Kier molecular flexibility index (Phi) is 3.45. The van der Waals surface area contributed by atoms with E-state index in [1.807, 2.05) is 13.0 Å². The Morgan fingerprint density at radius 3 is 2.33 bits per heavy atom. The van der Waals surface area contributed by atoms with Crippen molar-refractivity contribution in [2.75, 3.05) is 7.11 Å². The fraction of sp³-hybridized carbons (Fsp3) is 0.154. The van der Waals surface area contributed by atoms with E-state index in [9.17, 15) is 4.79 Å². The van der Waals surface area contributed by atoms with Gasteiger partial charge in [-0.1, -0.05) is 31.4 Å². The minimum Gasteiger partial charge on any atom is -0.465 e. The van der Waals surface area contributed by atoms with Gasteiger partial charge in [0.05, 0.1) is 12.7 Å². The molecule has 0 amide bonds. The zero-order chi connectivity index (χ0) is 11.4. The van der Waals surface area contributed by atoms with Crippen LogP contribution in [0, 0.1) is 6.92 Å². The molecule has 0 heterocycles. The van der Waals surface area contributed by atoms with Crippen LogP contribution in [0.5, 0.6) is 0 Å². The van der Waals surface area contributed by atoms with E-state index < -0.39 is 0 Å². The van der Waals surface area contributed by atoms with Crippen LogP contribution in [-0.2, 0) is 4.74 Å². The van der Waals surface area contributed by atoms with Crippen molar-refractivity contribution in [1.82, 2.24) is 0 Å². The number of carbonyl (C=O) groups excluding carboxylic acids is 1. The topological polar surface area (TPSA) is 26.3 Å². The van der Waals surface area contributed by atoms with Crippen LogP contribution in [0.2, 0.25) is 0 Å². The second-order valence-corrected chi connectivity index (χ2v) is 3.16. The van der Waals surface area contributed by atoms with Gasteiger partial charge < -0.3 is 4.74 Å². The molecule has 15 heavy (non-hydrogen) atoms. The number of rotatable bonds is 3. The number of aryl methyl sites for hydroxylation is 1. The molecule has 0 radical (unpaired) electrons. The number of esters is 1. The molecule has 1 rings (SSSR count). The third-order valence-electron chi connectivity index (χ3n) is 2.32. The molecule has 1 aromatic carbocycles. The predicted octanol–water partition coefficient (Wildman–Crippen LogP) is 3.07. The van der Waals surface area contributed by atoms with Gasteiger partial charge in [-0.3, -0.25) is 0 Å². The molecule has 0 aliphatic carbocycles. The van der Waals surface area contributed by atoms with Crippen molar-refractivity contribution >= 4 is 18.1 Å². The van der Waals surface area contributed by atoms with Crippen molar-refractivity contribution in [2.24, 2.45) is 0 Å². The quantitative estimate of drug-likeness (QED) is 0.704. The first-order valence-corrected chi connectivity index (χ1v) is 4.62. The lowest BCUT2D eigenvalue weighted by atomic mass is 9.96. The molecule has 2 nitrogen and oxygen atoms in total. The number of benzene rings is 1. The molecule has 0 atom stereocenters. The molecule has 0 N–H and O–H groups in total. The number of hydrogen-bond donors (Lipinski definition) is 0. The maximum Gasteiger partial charge on any atom is 0.338 e. The average Bonchev–Trinajstić information content (AvgIpc) is 2.27. The van der Waals surface area contributed by atoms with Crippen molar-refractivity contribution in [3.8, 4) is 0 Å². The summed E-state index contributed by atoms with van der Waals surface area (Å²) in [6.07, 6.45) is 3.37. The van der Waals surface area contributed by atoms with Gasteiger partial charge in [-0.05, 0) is 29.7 Å². The van der Waals surface area contributed by atoms with Crippen LogP contribution in [0.25, 0.3) is 12.2 Å². The summed E-state index contributed by atoms with van der Waals surface area (Å²) in [4.78, 5) is 11.5. The highest BCUT2D eigenvalue weighted by Gasteiger charge is 2.13. The molecule has 0 bridgehead atoms. The summed E-state index contributed by atoms with van der Waals surface area (Å²) in [5.41, 5.74) is 3.28. The van der Waals surface area contributed by atoms with Gasteiger partial charge in [-0.25, -0.2) is 4.79 Å². The van der Waals surface area contributed by atoms with E-state index in [1.165, 1.54) is 7.11 Å². The van der Waals surface area contributed by atoms with Crippen LogP contribution in [0.1, 0.15) is 27.0 Å². The van der Waals surface area contributed by atoms with E-state index in [0.29, 0.717) is 5.56 Å². The van der Waals surface area contributed by atoms with Gasteiger partial charge in [0.1, 0.15) is 0 Å². The van der Waals surface area contributed by atoms with Gasteiger partial charge in [0.15, 0.2) is 0 Å². The van der Waals surface area contributed by atoms with Crippen molar-refractivity contribution < 1.29 is 9.53 Å². The summed E-state index contributed by atoms with van der Waals surface area (Å²) in [7, 11) is 1.36. The fourth-order valence-electron chi connectivity index (χ4n) is 1.52. The van der Waals surface area contributed by atoms with Gasteiger partial charge in [0.2, 0.25) is 0 Å². The fourth-order valence-corrected chi connectivity index (χ4v) is 1.52. The first-order chi connectivity index (χ1) is 7.15. The van der Waals surface area contributed by atoms with E-state index in [2.05, 4.69) is 13.2 Å². The standard InChI is InChI=1S/C13H14O2/c1-5-10-9(3)7-8-12(11(10)6-2)13(14)15-4/h5-8H,1-2H2,3-4H3. The smallest absolute Gasteiger partial charge is 0.338 e. The van der Waals surface area contributed by atoms with Crippen LogP contribution >= 0.6 is 0 Å².